The van der Waals surface area contributed by atoms with Gasteiger partial charge in [0.2, 0.25) is 0 Å². The van der Waals surface area contributed by atoms with Crippen LogP contribution in [0.15, 0.2) is 36.8 Å². The minimum absolute atomic E-state index is 0.174. The summed E-state index contributed by atoms with van der Waals surface area (Å²) in [7, 11) is 2.01. The Balaban J connectivity index is 1.46. The molecule has 0 amide bonds. The van der Waals surface area contributed by atoms with Gasteiger partial charge in [0.15, 0.2) is 0 Å². The maximum atomic E-state index is 12.9. The molecule has 1 fully saturated rings. The molecule has 0 aliphatic carbocycles. The molecular weight excluding hydrogens is 267 g/mol. The number of aromatic nitrogens is 2. The van der Waals surface area contributed by atoms with Crippen molar-refractivity contribution in [2.75, 3.05) is 24.5 Å². The van der Waals surface area contributed by atoms with E-state index in [2.05, 4.69) is 15.2 Å². The number of hydrogen-bond acceptors (Lipinski definition) is 3. The highest BCUT2D eigenvalue weighted by Gasteiger charge is 2.22. The van der Waals surface area contributed by atoms with Gasteiger partial charge in [-0.05, 0) is 36.6 Å². The van der Waals surface area contributed by atoms with E-state index in [4.69, 9.17) is 0 Å². The zero-order chi connectivity index (χ0) is 14.7. The molecule has 112 valence electrons. The SMILES string of the molecule is Cn1cncc1CNCC1CCN(c2ccc(F)cc2)C1. The number of aryl methyl sites for hydroxylation is 1. The van der Waals surface area contributed by atoms with Crippen LogP contribution in [0, 0.1) is 11.7 Å². The molecular formula is C16H21FN4. The van der Waals surface area contributed by atoms with E-state index in [9.17, 15) is 4.39 Å². The Morgan fingerprint density at radius 1 is 1.33 bits per heavy atom. The maximum Gasteiger partial charge on any atom is 0.123 e. The molecule has 1 aromatic heterocycles. The van der Waals surface area contributed by atoms with Gasteiger partial charge in [0.1, 0.15) is 5.82 Å². The Kier molecular flexibility index (Phi) is 4.20. The fourth-order valence-corrected chi connectivity index (χ4v) is 2.84. The average molecular weight is 288 g/mol. The van der Waals surface area contributed by atoms with Crippen LogP contribution in [-0.4, -0.2) is 29.2 Å². The van der Waals surface area contributed by atoms with E-state index in [1.165, 1.54) is 24.2 Å². The Morgan fingerprint density at radius 3 is 2.86 bits per heavy atom. The first-order valence-corrected chi connectivity index (χ1v) is 7.39. The molecule has 21 heavy (non-hydrogen) atoms. The molecule has 2 heterocycles. The summed E-state index contributed by atoms with van der Waals surface area (Å²) in [5, 5.41) is 3.50. The molecule has 1 N–H and O–H groups in total. The van der Waals surface area contributed by atoms with Gasteiger partial charge in [-0.1, -0.05) is 0 Å². The van der Waals surface area contributed by atoms with Crippen LogP contribution in [0.1, 0.15) is 12.1 Å². The highest BCUT2D eigenvalue weighted by atomic mass is 19.1. The van der Waals surface area contributed by atoms with E-state index < -0.39 is 0 Å². The average Bonchev–Trinajstić information content (AvgIpc) is 3.10. The van der Waals surface area contributed by atoms with Gasteiger partial charge in [-0.2, -0.15) is 0 Å². The number of benzene rings is 1. The largest absolute Gasteiger partial charge is 0.371 e. The number of halogens is 1. The lowest BCUT2D eigenvalue weighted by molar-refractivity contribution is 0.510. The molecule has 3 rings (SSSR count). The van der Waals surface area contributed by atoms with Gasteiger partial charge >= 0.3 is 0 Å². The second kappa shape index (κ2) is 6.26. The van der Waals surface area contributed by atoms with Crippen molar-refractivity contribution in [2.45, 2.75) is 13.0 Å². The molecule has 1 aliphatic rings. The number of rotatable bonds is 5. The fraction of sp³-hybridized carbons (Fsp3) is 0.438. The van der Waals surface area contributed by atoms with E-state index in [1.807, 2.05) is 36.3 Å². The number of nitrogens with one attached hydrogen (secondary N) is 1. The van der Waals surface area contributed by atoms with Gasteiger partial charge < -0.3 is 14.8 Å². The lowest BCUT2D eigenvalue weighted by Crippen LogP contribution is -2.26. The molecule has 1 unspecified atom stereocenters. The lowest BCUT2D eigenvalue weighted by Gasteiger charge is -2.18. The second-order valence-corrected chi connectivity index (χ2v) is 5.70. The van der Waals surface area contributed by atoms with Crippen LogP contribution in [0.4, 0.5) is 10.1 Å². The normalized spacial score (nSPS) is 18.4. The summed E-state index contributed by atoms with van der Waals surface area (Å²) in [6.45, 7) is 3.93. The number of imidazole rings is 1. The predicted molar refractivity (Wildman–Crippen MR) is 81.6 cm³/mol. The van der Waals surface area contributed by atoms with Gasteiger partial charge in [-0.15, -0.1) is 0 Å². The second-order valence-electron chi connectivity index (χ2n) is 5.70. The Labute approximate surface area is 124 Å². The number of hydrogen-bond donors (Lipinski definition) is 1. The fourth-order valence-electron chi connectivity index (χ4n) is 2.84. The molecule has 1 aliphatic heterocycles. The summed E-state index contributed by atoms with van der Waals surface area (Å²) in [6, 6.07) is 6.79. The summed E-state index contributed by atoms with van der Waals surface area (Å²) in [5.74, 6) is 0.468. The van der Waals surface area contributed by atoms with E-state index >= 15 is 0 Å². The highest BCUT2D eigenvalue weighted by Crippen LogP contribution is 2.23. The van der Waals surface area contributed by atoms with Crippen molar-refractivity contribution in [2.24, 2.45) is 13.0 Å². The zero-order valence-electron chi connectivity index (χ0n) is 12.3. The molecule has 0 spiro atoms. The molecule has 0 bridgehead atoms. The van der Waals surface area contributed by atoms with Gasteiger partial charge in [-0.3, -0.25) is 0 Å². The quantitative estimate of drug-likeness (QED) is 0.915. The first-order chi connectivity index (χ1) is 10.2. The molecule has 1 atom stereocenters. The van der Waals surface area contributed by atoms with Crippen LogP contribution in [0.25, 0.3) is 0 Å². The summed E-state index contributed by atoms with van der Waals surface area (Å²) in [6.07, 6.45) is 4.89. The molecule has 2 aromatic rings. The van der Waals surface area contributed by atoms with E-state index in [1.54, 1.807) is 0 Å². The Morgan fingerprint density at radius 2 is 2.14 bits per heavy atom. The van der Waals surface area contributed by atoms with Crippen molar-refractivity contribution in [1.29, 1.82) is 0 Å². The van der Waals surface area contributed by atoms with E-state index in [0.29, 0.717) is 5.92 Å². The monoisotopic (exact) mass is 288 g/mol. The third-order valence-corrected chi connectivity index (χ3v) is 4.13. The van der Waals surface area contributed by atoms with Crippen molar-refractivity contribution < 1.29 is 4.39 Å². The molecule has 1 aromatic carbocycles. The first-order valence-electron chi connectivity index (χ1n) is 7.39. The predicted octanol–water partition coefficient (Wildman–Crippen LogP) is 2.18. The smallest absolute Gasteiger partial charge is 0.123 e. The van der Waals surface area contributed by atoms with Crippen LogP contribution in [0.2, 0.25) is 0 Å². The van der Waals surface area contributed by atoms with Crippen LogP contribution in [0.5, 0.6) is 0 Å². The zero-order valence-corrected chi connectivity index (χ0v) is 12.3. The van der Waals surface area contributed by atoms with Crippen molar-refractivity contribution in [3.8, 4) is 0 Å². The van der Waals surface area contributed by atoms with E-state index in [0.717, 1.165) is 31.9 Å². The van der Waals surface area contributed by atoms with Crippen LogP contribution < -0.4 is 10.2 Å². The van der Waals surface area contributed by atoms with Crippen molar-refractivity contribution in [1.82, 2.24) is 14.9 Å². The van der Waals surface area contributed by atoms with Gasteiger partial charge in [0, 0.05) is 45.1 Å². The third-order valence-electron chi connectivity index (χ3n) is 4.13. The third kappa shape index (κ3) is 3.42. The van der Waals surface area contributed by atoms with Gasteiger partial charge in [-0.25, -0.2) is 9.37 Å². The Hall–Kier alpha value is -1.88. The van der Waals surface area contributed by atoms with Crippen LogP contribution in [0.3, 0.4) is 0 Å². The molecule has 4 nitrogen and oxygen atoms in total. The topological polar surface area (TPSA) is 33.1 Å². The van der Waals surface area contributed by atoms with Crippen LogP contribution in [-0.2, 0) is 13.6 Å². The minimum atomic E-state index is -0.174. The highest BCUT2D eigenvalue weighted by molar-refractivity contribution is 5.47. The van der Waals surface area contributed by atoms with Crippen molar-refractivity contribution >= 4 is 5.69 Å². The van der Waals surface area contributed by atoms with Gasteiger partial charge in [0.05, 0.1) is 12.0 Å². The lowest BCUT2D eigenvalue weighted by atomic mass is 10.1. The summed E-state index contributed by atoms with van der Waals surface area (Å²) in [5.41, 5.74) is 2.31. The number of anilines is 1. The molecule has 1 saturated heterocycles. The minimum Gasteiger partial charge on any atom is -0.371 e. The standard InChI is InChI=1S/C16H21FN4/c1-20-12-19-10-16(20)9-18-8-13-6-7-21(11-13)15-4-2-14(17)3-5-15/h2-5,10,12-13,18H,6-9,11H2,1H3. The molecule has 5 heteroatoms. The molecule has 0 saturated carbocycles. The maximum absolute atomic E-state index is 12.9. The first kappa shape index (κ1) is 14.1. The Bertz CT molecular complexity index is 578. The van der Waals surface area contributed by atoms with Crippen LogP contribution >= 0.6 is 0 Å². The summed E-state index contributed by atoms with van der Waals surface area (Å²) >= 11 is 0. The van der Waals surface area contributed by atoms with Gasteiger partial charge in [0.25, 0.3) is 0 Å². The van der Waals surface area contributed by atoms with Crippen molar-refractivity contribution in [3.63, 3.8) is 0 Å². The van der Waals surface area contributed by atoms with Crippen molar-refractivity contribution in [3.05, 3.63) is 48.3 Å². The molecule has 0 radical (unpaired) electrons. The summed E-state index contributed by atoms with van der Waals surface area (Å²) in [4.78, 5) is 6.44. The summed E-state index contributed by atoms with van der Waals surface area (Å²) < 4.78 is 15.0. The van der Waals surface area contributed by atoms with E-state index in [-0.39, 0.29) is 5.82 Å². The number of nitrogens with zero attached hydrogens (tertiary/aromatic N) is 3.